The van der Waals surface area contributed by atoms with Crippen molar-refractivity contribution in [2.45, 2.75) is 63.8 Å². The van der Waals surface area contributed by atoms with Gasteiger partial charge in [-0.3, -0.25) is 19.0 Å². The topological polar surface area (TPSA) is 172 Å². The zero-order valence-corrected chi connectivity index (χ0v) is 38.4. The summed E-state index contributed by atoms with van der Waals surface area (Å²) in [5.74, 6) is 1.27. The van der Waals surface area contributed by atoms with E-state index in [-0.39, 0.29) is 90.3 Å². The first-order chi connectivity index (χ1) is 28.3. The summed E-state index contributed by atoms with van der Waals surface area (Å²) in [6.07, 6.45) is 9.73. The second-order valence-electron chi connectivity index (χ2n) is 15.2. The third-order valence-electron chi connectivity index (χ3n) is 11.4. The van der Waals surface area contributed by atoms with Crippen LogP contribution in [-0.2, 0) is 27.4 Å². The molecule has 328 valence electrons. The molecule has 62 heavy (non-hydrogen) atoms. The summed E-state index contributed by atoms with van der Waals surface area (Å²) in [5.41, 5.74) is 7.77. The summed E-state index contributed by atoms with van der Waals surface area (Å²) in [5, 5.41) is 11.2. The van der Waals surface area contributed by atoms with Crippen LogP contribution in [0.25, 0.3) is 44.3 Å². The van der Waals surface area contributed by atoms with Crippen LogP contribution < -0.4 is 5.32 Å². The number of hydrogen-bond acceptors (Lipinski definition) is 8. The molecule has 6 heterocycles. The molecule has 0 bridgehead atoms. The van der Waals surface area contributed by atoms with E-state index in [1.807, 2.05) is 40.9 Å². The lowest BCUT2D eigenvalue weighted by atomic mass is 10.00. The third-order valence-corrected chi connectivity index (χ3v) is 11.4. The van der Waals surface area contributed by atoms with E-state index >= 15 is 0 Å². The number of aromatic nitrogens is 8. The first-order valence-corrected chi connectivity index (χ1v) is 19.8. The number of carbonyl (C=O) groups is 3. The molecule has 2 aliphatic rings. The van der Waals surface area contributed by atoms with Crippen molar-refractivity contribution in [1.82, 2.24) is 54.6 Å². The number of imidazole rings is 2. The summed E-state index contributed by atoms with van der Waals surface area (Å²) in [6, 6.07) is 23.4. The molecule has 19 heteroatoms. The van der Waals surface area contributed by atoms with Crippen LogP contribution in [0.15, 0.2) is 97.6 Å². The maximum atomic E-state index is 13.9. The number of nitrogens with one attached hydrogen (secondary N) is 3. The largest absolute Gasteiger partial charge is 0.453 e. The van der Waals surface area contributed by atoms with Crippen LogP contribution >= 0.6 is 54.0 Å². The second-order valence-corrected chi connectivity index (χ2v) is 15.2. The number of amides is 3. The number of aromatic amines is 2. The van der Waals surface area contributed by atoms with Gasteiger partial charge in [0.15, 0.2) is 0 Å². The van der Waals surface area contributed by atoms with E-state index in [1.165, 1.54) is 7.11 Å². The van der Waals surface area contributed by atoms with E-state index in [4.69, 9.17) is 14.7 Å². The van der Waals surface area contributed by atoms with E-state index in [1.54, 1.807) is 34.2 Å². The van der Waals surface area contributed by atoms with Crippen LogP contribution in [0.4, 0.5) is 4.79 Å². The number of rotatable bonds is 11. The summed E-state index contributed by atoms with van der Waals surface area (Å²) in [7, 11) is 1.28. The Hall–Kier alpha value is -5.37. The Labute approximate surface area is 387 Å². The van der Waals surface area contributed by atoms with Gasteiger partial charge in [-0.15, -0.1) is 0 Å². The van der Waals surface area contributed by atoms with E-state index in [2.05, 4.69) is 74.0 Å². The molecule has 0 saturated carbocycles. The Morgan fingerprint density at radius 1 is 0.694 bits per heavy atom. The van der Waals surface area contributed by atoms with Gasteiger partial charge >= 0.3 is 6.09 Å². The molecule has 7 aromatic rings. The maximum Gasteiger partial charge on any atom is 0.407 e. The van der Waals surface area contributed by atoms with Gasteiger partial charge in [0.2, 0.25) is 11.8 Å². The molecule has 2 aliphatic heterocycles. The minimum absolute atomic E-state index is 0. The van der Waals surface area contributed by atoms with E-state index in [0.29, 0.717) is 18.9 Å². The predicted molar refractivity (Wildman–Crippen MR) is 258 cm³/mol. The summed E-state index contributed by atoms with van der Waals surface area (Å²) >= 11 is 0. The molecule has 4 atom stereocenters. The maximum absolute atomic E-state index is 13.9. The number of hydrogen-bond donors (Lipinski definition) is 3. The van der Waals surface area contributed by atoms with Crippen LogP contribution in [0, 0.1) is 5.92 Å². The molecule has 4 aromatic heterocycles. The lowest BCUT2D eigenvalue weighted by molar-refractivity contribution is -0.136. The van der Waals surface area contributed by atoms with Gasteiger partial charge in [-0.2, -0.15) is 64.2 Å². The fourth-order valence-electron chi connectivity index (χ4n) is 8.45. The lowest BCUT2D eigenvalue weighted by Crippen LogP contribution is -2.50. The second kappa shape index (κ2) is 20.7. The molecule has 2 fully saturated rings. The average Bonchev–Trinajstić information content (AvgIpc) is 4.10. The molecule has 3 aromatic carbocycles. The van der Waals surface area contributed by atoms with Crippen molar-refractivity contribution in [2.75, 3.05) is 20.2 Å². The summed E-state index contributed by atoms with van der Waals surface area (Å²) in [6.45, 7) is 3.98. The van der Waals surface area contributed by atoms with Gasteiger partial charge in [-0.05, 0) is 84.3 Å². The highest BCUT2D eigenvalue weighted by atomic mass is 32.1. The molecular formula is C43H53N11O4S4. The quantitative estimate of drug-likeness (QED) is 0.129. The first-order valence-electron chi connectivity index (χ1n) is 19.8. The Morgan fingerprint density at radius 3 is 1.63 bits per heavy atom. The van der Waals surface area contributed by atoms with Crippen molar-refractivity contribution >= 4 is 94.0 Å². The van der Waals surface area contributed by atoms with Gasteiger partial charge in [0.25, 0.3) is 0 Å². The molecule has 9 rings (SSSR count). The van der Waals surface area contributed by atoms with Crippen LogP contribution in [0.3, 0.4) is 0 Å². The average molecular weight is 916 g/mol. The van der Waals surface area contributed by atoms with Crippen molar-refractivity contribution in [3.05, 3.63) is 109 Å². The number of carbonyl (C=O) groups excluding carboxylic acids is 3. The van der Waals surface area contributed by atoms with Crippen molar-refractivity contribution in [2.24, 2.45) is 5.92 Å². The van der Waals surface area contributed by atoms with Gasteiger partial charge in [0, 0.05) is 37.9 Å². The molecule has 2 saturated heterocycles. The molecular weight excluding hydrogens is 863 g/mol. The number of nitrogens with zero attached hydrogens (tertiary/aromatic N) is 8. The lowest BCUT2D eigenvalue weighted by Gasteiger charge is -2.28. The van der Waals surface area contributed by atoms with E-state index in [0.717, 1.165) is 82.4 Å². The fraction of sp³-hybridized carbons (Fsp3) is 0.326. The van der Waals surface area contributed by atoms with Crippen molar-refractivity contribution in [1.29, 1.82) is 0 Å². The monoisotopic (exact) mass is 915 g/mol. The van der Waals surface area contributed by atoms with E-state index in [9.17, 15) is 14.4 Å². The highest BCUT2D eigenvalue weighted by Crippen LogP contribution is 2.36. The number of likely N-dealkylation sites (tertiary alicyclic amines) is 2. The van der Waals surface area contributed by atoms with Gasteiger partial charge in [-0.1, -0.05) is 43.3 Å². The zero-order chi connectivity index (χ0) is 39.8. The van der Waals surface area contributed by atoms with E-state index < -0.39 is 12.1 Å². The fourth-order valence-corrected chi connectivity index (χ4v) is 8.45. The van der Waals surface area contributed by atoms with Crippen molar-refractivity contribution in [3.8, 4) is 22.3 Å². The summed E-state index contributed by atoms with van der Waals surface area (Å²) < 4.78 is 8.24. The highest BCUT2D eigenvalue weighted by Gasteiger charge is 2.37. The SMILES string of the molecule is COC(=O)N[C@@H](Cn1cccn1)C(=O)N1CCC[C@H]1c1nc2ccc(-c3ccc(-c4ccc5nc([C@@H]6CCCN6C(=O)[C@@H](C)Cn6cccn6)[nH]c5c4)cc3)cc2[nH]1.S.S.S.S. The number of methoxy groups -OCH3 is 1. The molecule has 0 aliphatic carbocycles. The molecule has 15 nitrogen and oxygen atoms in total. The van der Waals surface area contributed by atoms with Gasteiger partial charge in [0.05, 0.1) is 60.3 Å². The minimum Gasteiger partial charge on any atom is -0.453 e. The molecule has 3 N–H and O–H groups in total. The smallest absolute Gasteiger partial charge is 0.407 e. The Balaban J connectivity index is 0.00000181. The summed E-state index contributed by atoms with van der Waals surface area (Å²) in [4.78, 5) is 60.2. The van der Waals surface area contributed by atoms with Gasteiger partial charge in [-0.25, -0.2) is 14.8 Å². The number of benzene rings is 3. The van der Waals surface area contributed by atoms with Crippen molar-refractivity contribution in [3.63, 3.8) is 0 Å². The molecule has 0 unspecified atom stereocenters. The molecule has 0 spiro atoms. The molecule has 0 radical (unpaired) electrons. The number of ether oxygens (including phenoxy) is 1. The Bertz CT molecular complexity index is 2580. The first kappa shape index (κ1) is 47.7. The van der Waals surface area contributed by atoms with Gasteiger partial charge in [0.1, 0.15) is 17.7 Å². The number of H-pyrrole nitrogens is 2. The Kier molecular flexibility index (Phi) is 15.9. The number of alkyl carbamates (subject to hydrolysis) is 1. The Morgan fingerprint density at radius 2 is 1.16 bits per heavy atom. The van der Waals surface area contributed by atoms with Crippen LogP contribution in [-0.4, -0.2) is 93.4 Å². The zero-order valence-electron chi connectivity index (χ0n) is 34.4. The molecule has 3 amide bonds. The van der Waals surface area contributed by atoms with Crippen LogP contribution in [0.1, 0.15) is 56.3 Å². The van der Waals surface area contributed by atoms with Crippen molar-refractivity contribution < 1.29 is 19.1 Å². The minimum atomic E-state index is -0.848. The van der Waals surface area contributed by atoms with Crippen LogP contribution in [0.5, 0.6) is 0 Å². The van der Waals surface area contributed by atoms with Crippen LogP contribution in [0.2, 0.25) is 0 Å². The predicted octanol–water partition coefficient (Wildman–Crippen LogP) is 6.71. The normalized spacial score (nSPS) is 16.7. The number of fused-ring (bicyclic) bond motifs is 2. The highest BCUT2D eigenvalue weighted by molar-refractivity contribution is 7.59. The third kappa shape index (κ3) is 9.80. The van der Waals surface area contributed by atoms with Gasteiger partial charge < -0.3 is 29.8 Å². The standard InChI is InChI=1S/C43H45N11O4.4H2S/c1-27(25-51-19-5-17-44-51)41(55)53-21-3-7-37(53)39-46-32-15-13-30(23-34(32)48-39)28-9-11-29(12-10-28)31-14-16-33-35(24-31)49-40(47-33)38-8-4-22-54(38)42(56)36(50-43(57)58-2)26-52-20-6-18-45-52;;;;/h5-6,9-20,23-24,27,36-38H,3-4,7-8,21-22,25-26H2,1-2H3,(H,46,48)(H,47,49)(H,50,57);4*1H2/t27-,36-,37-,38-;;;;/m0..../s1.